The van der Waals surface area contributed by atoms with Gasteiger partial charge in [0, 0.05) is 54.7 Å². The zero-order chi connectivity index (χ0) is 22.6. The molecule has 0 spiro atoms. The molecule has 3 amide bonds. The van der Waals surface area contributed by atoms with E-state index >= 15 is 0 Å². The Kier molecular flexibility index (Phi) is 10.1. The van der Waals surface area contributed by atoms with Crippen molar-refractivity contribution in [3.8, 4) is 0 Å². The highest BCUT2D eigenvalue weighted by Gasteiger charge is 2.07. The summed E-state index contributed by atoms with van der Waals surface area (Å²) in [5.41, 5.74) is 3.11. The highest BCUT2D eigenvalue weighted by molar-refractivity contribution is 6.18. The third-order valence-corrected chi connectivity index (χ3v) is 4.72. The third kappa shape index (κ3) is 8.86. The first kappa shape index (κ1) is 24.5. The van der Waals surface area contributed by atoms with Crippen LogP contribution in [0.5, 0.6) is 0 Å². The van der Waals surface area contributed by atoms with Crippen LogP contribution in [0.1, 0.15) is 19.8 Å². The molecule has 0 bridgehead atoms. The van der Waals surface area contributed by atoms with Crippen LogP contribution in [0.3, 0.4) is 0 Å². The van der Waals surface area contributed by atoms with Crippen LogP contribution in [0, 0.1) is 0 Å². The maximum atomic E-state index is 12.3. The molecule has 2 aromatic carbocycles. The van der Waals surface area contributed by atoms with Crippen LogP contribution in [-0.4, -0.2) is 56.4 Å². The molecule has 0 unspecified atom stereocenters. The fraction of sp³-hybridized carbons (Fsp3) is 0.391. The minimum Gasteiger partial charge on any atom is -0.370 e. The van der Waals surface area contributed by atoms with E-state index < -0.39 is 0 Å². The zero-order valence-electron chi connectivity index (χ0n) is 18.5. The first-order valence-electron chi connectivity index (χ1n) is 10.4. The van der Waals surface area contributed by atoms with Crippen LogP contribution >= 0.6 is 11.6 Å². The predicted octanol–water partition coefficient (Wildman–Crippen LogP) is 4.68. The number of halogens is 1. The van der Waals surface area contributed by atoms with Crippen molar-refractivity contribution in [2.45, 2.75) is 19.8 Å². The van der Waals surface area contributed by atoms with Gasteiger partial charge in [0.1, 0.15) is 0 Å². The number of nitrogens with zero attached hydrogens (tertiary/aromatic N) is 2. The van der Waals surface area contributed by atoms with Gasteiger partial charge >= 0.3 is 6.03 Å². The van der Waals surface area contributed by atoms with E-state index in [0.29, 0.717) is 35.9 Å². The average molecular weight is 446 g/mol. The molecule has 168 valence electrons. The fourth-order valence-electron chi connectivity index (χ4n) is 2.98. The van der Waals surface area contributed by atoms with Gasteiger partial charge in [-0.3, -0.25) is 4.79 Å². The molecule has 0 saturated heterocycles. The lowest BCUT2D eigenvalue weighted by Gasteiger charge is -2.23. The Balaban J connectivity index is 1.86. The smallest absolute Gasteiger partial charge is 0.323 e. The minimum absolute atomic E-state index is 0.0425. The summed E-state index contributed by atoms with van der Waals surface area (Å²) in [6.45, 7) is 4.55. The summed E-state index contributed by atoms with van der Waals surface area (Å²) in [6.07, 6.45) is 1.47. The quantitative estimate of drug-likeness (QED) is 0.439. The predicted molar refractivity (Wildman–Crippen MR) is 131 cm³/mol. The Morgan fingerprint density at radius 1 is 0.806 bits per heavy atom. The number of urea groups is 1. The maximum Gasteiger partial charge on any atom is 0.323 e. The molecule has 0 saturated carbocycles. The van der Waals surface area contributed by atoms with Gasteiger partial charge in [-0.25, -0.2) is 4.79 Å². The van der Waals surface area contributed by atoms with Gasteiger partial charge in [0.2, 0.25) is 5.91 Å². The van der Waals surface area contributed by atoms with Gasteiger partial charge in [-0.1, -0.05) is 6.92 Å². The zero-order valence-corrected chi connectivity index (χ0v) is 19.2. The molecule has 8 heteroatoms. The SMILES string of the molecule is CCCN(CCCl)c1ccc(NC(=O)Nc2ccc(NC(=O)CCN(C)C)cc2)cc1. The Morgan fingerprint density at radius 3 is 1.81 bits per heavy atom. The second-order valence-electron chi connectivity index (χ2n) is 7.48. The molecule has 31 heavy (non-hydrogen) atoms. The van der Waals surface area contributed by atoms with Crippen molar-refractivity contribution in [3.63, 3.8) is 0 Å². The van der Waals surface area contributed by atoms with E-state index in [1.807, 2.05) is 43.3 Å². The Hall–Kier alpha value is -2.77. The number of nitrogens with one attached hydrogen (secondary N) is 3. The van der Waals surface area contributed by atoms with E-state index in [1.54, 1.807) is 24.3 Å². The fourth-order valence-corrected chi connectivity index (χ4v) is 3.18. The normalized spacial score (nSPS) is 10.6. The second-order valence-corrected chi connectivity index (χ2v) is 7.86. The van der Waals surface area contributed by atoms with Crippen molar-refractivity contribution in [2.24, 2.45) is 0 Å². The van der Waals surface area contributed by atoms with Gasteiger partial charge in [-0.05, 0) is 69.0 Å². The second kappa shape index (κ2) is 12.8. The van der Waals surface area contributed by atoms with Crippen LogP contribution < -0.4 is 20.9 Å². The van der Waals surface area contributed by atoms with E-state index in [2.05, 4.69) is 27.8 Å². The minimum atomic E-state index is -0.332. The van der Waals surface area contributed by atoms with E-state index in [1.165, 1.54) is 0 Å². The van der Waals surface area contributed by atoms with Gasteiger partial charge in [-0.15, -0.1) is 11.6 Å². The van der Waals surface area contributed by atoms with E-state index in [4.69, 9.17) is 11.6 Å². The molecule has 2 aromatic rings. The number of hydrogen-bond donors (Lipinski definition) is 3. The number of rotatable bonds is 11. The van der Waals surface area contributed by atoms with Gasteiger partial charge in [0.05, 0.1) is 0 Å². The van der Waals surface area contributed by atoms with Crippen LogP contribution in [0.15, 0.2) is 48.5 Å². The van der Waals surface area contributed by atoms with Gasteiger partial charge < -0.3 is 25.8 Å². The molecular weight excluding hydrogens is 414 g/mol. The largest absolute Gasteiger partial charge is 0.370 e. The maximum absolute atomic E-state index is 12.3. The molecule has 0 fully saturated rings. The summed E-state index contributed by atoms with van der Waals surface area (Å²) in [7, 11) is 3.85. The van der Waals surface area contributed by atoms with Gasteiger partial charge in [-0.2, -0.15) is 0 Å². The Morgan fingerprint density at radius 2 is 1.32 bits per heavy atom. The molecular formula is C23H32ClN5O2. The molecule has 0 aromatic heterocycles. The summed E-state index contributed by atoms with van der Waals surface area (Å²) in [6, 6.07) is 14.4. The number of carbonyl (C=O) groups is 2. The molecule has 0 radical (unpaired) electrons. The molecule has 7 nitrogen and oxygen atoms in total. The summed E-state index contributed by atoms with van der Waals surface area (Å²) in [4.78, 5) is 28.4. The Bertz CT molecular complexity index is 819. The lowest BCUT2D eigenvalue weighted by molar-refractivity contribution is -0.116. The molecule has 0 aliphatic carbocycles. The number of anilines is 4. The van der Waals surface area contributed by atoms with Crippen molar-refractivity contribution in [1.29, 1.82) is 0 Å². The molecule has 3 N–H and O–H groups in total. The lowest BCUT2D eigenvalue weighted by atomic mass is 10.2. The van der Waals surface area contributed by atoms with Crippen LogP contribution in [-0.2, 0) is 4.79 Å². The first-order chi connectivity index (χ1) is 14.9. The number of amides is 3. The van der Waals surface area contributed by atoms with Gasteiger partial charge in [0.15, 0.2) is 0 Å². The summed E-state index contributed by atoms with van der Waals surface area (Å²) >= 11 is 5.89. The standard InChI is InChI=1S/C23H32ClN5O2/c1-4-15-29(17-14-24)21-11-9-20(10-12-21)27-23(31)26-19-7-5-18(6-8-19)25-22(30)13-16-28(2)3/h5-12H,4,13-17H2,1-3H3,(H,25,30)(H2,26,27,31). The summed E-state index contributed by atoms with van der Waals surface area (Å²) < 4.78 is 0. The highest BCUT2D eigenvalue weighted by atomic mass is 35.5. The number of benzene rings is 2. The molecule has 0 aliphatic rings. The topological polar surface area (TPSA) is 76.7 Å². The monoisotopic (exact) mass is 445 g/mol. The number of carbonyl (C=O) groups excluding carboxylic acids is 2. The number of alkyl halides is 1. The van der Waals surface area contributed by atoms with Crippen molar-refractivity contribution < 1.29 is 9.59 Å². The van der Waals surface area contributed by atoms with Crippen molar-refractivity contribution in [3.05, 3.63) is 48.5 Å². The van der Waals surface area contributed by atoms with Crippen molar-refractivity contribution in [1.82, 2.24) is 4.90 Å². The average Bonchev–Trinajstić information content (AvgIpc) is 2.74. The van der Waals surface area contributed by atoms with E-state index in [0.717, 1.165) is 25.2 Å². The lowest BCUT2D eigenvalue weighted by Crippen LogP contribution is -2.26. The molecule has 0 heterocycles. The van der Waals surface area contributed by atoms with E-state index in [-0.39, 0.29) is 11.9 Å². The first-order valence-corrected chi connectivity index (χ1v) is 11.0. The van der Waals surface area contributed by atoms with Crippen LogP contribution in [0.25, 0.3) is 0 Å². The summed E-state index contributed by atoms with van der Waals surface area (Å²) in [5.74, 6) is 0.528. The summed E-state index contributed by atoms with van der Waals surface area (Å²) in [5, 5.41) is 8.46. The van der Waals surface area contributed by atoms with Gasteiger partial charge in [0.25, 0.3) is 0 Å². The third-order valence-electron chi connectivity index (χ3n) is 4.55. The molecule has 0 aliphatic heterocycles. The Labute approximate surface area is 189 Å². The van der Waals surface area contributed by atoms with E-state index in [9.17, 15) is 9.59 Å². The van der Waals surface area contributed by atoms with Crippen LogP contribution in [0.4, 0.5) is 27.5 Å². The highest BCUT2D eigenvalue weighted by Crippen LogP contribution is 2.19. The molecule has 0 atom stereocenters. The van der Waals surface area contributed by atoms with Crippen molar-refractivity contribution in [2.75, 3.05) is 60.5 Å². The van der Waals surface area contributed by atoms with Crippen molar-refractivity contribution >= 4 is 46.3 Å². The van der Waals surface area contributed by atoms with Crippen LogP contribution in [0.2, 0.25) is 0 Å². The molecule has 2 rings (SSSR count). The number of hydrogen-bond acceptors (Lipinski definition) is 4.